The van der Waals surface area contributed by atoms with Crippen LogP contribution in [0, 0.1) is 5.92 Å². The van der Waals surface area contributed by atoms with Crippen LogP contribution in [0.2, 0.25) is 0 Å². The van der Waals surface area contributed by atoms with Crippen molar-refractivity contribution in [3.05, 3.63) is 0 Å². The number of aliphatic hydroxyl groups excluding tert-OH is 2. The van der Waals surface area contributed by atoms with Crippen molar-refractivity contribution in [2.24, 2.45) is 5.92 Å². The molecule has 1 aliphatic rings. The molecule has 4 unspecified atom stereocenters. The summed E-state index contributed by atoms with van der Waals surface area (Å²) in [4.78, 5) is 13.2. The molecule has 0 aliphatic carbocycles. The molecule has 1 rings (SSSR count). The third kappa shape index (κ3) is 2.68. The predicted octanol–water partition coefficient (Wildman–Crippen LogP) is -0.779. The van der Waals surface area contributed by atoms with Gasteiger partial charge in [-0.15, -0.1) is 0 Å². The van der Waals surface area contributed by atoms with Gasteiger partial charge in [-0.1, -0.05) is 6.92 Å². The standard InChI is InChI=1S/C10H19NO4/c1-6(10(14)15-3)7(2)11-4-8(12)9(13)5-11/h6-9,12-13H,4-5H2,1-3H3. The zero-order valence-electron chi connectivity index (χ0n) is 9.38. The molecule has 0 aromatic carbocycles. The molecular weight excluding hydrogens is 198 g/mol. The molecule has 88 valence electrons. The van der Waals surface area contributed by atoms with Gasteiger partial charge in [0.1, 0.15) is 0 Å². The van der Waals surface area contributed by atoms with Gasteiger partial charge in [-0.3, -0.25) is 9.69 Å². The van der Waals surface area contributed by atoms with Gasteiger partial charge < -0.3 is 14.9 Å². The van der Waals surface area contributed by atoms with Gasteiger partial charge in [-0.25, -0.2) is 0 Å². The van der Waals surface area contributed by atoms with Gasteiger partial charge in [0, 0.05) is 19.1 Å². The number of β-amino-alcohol motifs (C(OH)–C–C–N with tert-alkyl or cyclic N) is 2. The van der Waals surface area contributed by atoms with Crippen molar-refractivity contribution in [2.75, 3.05) is 20.2 Å². The van der Waals surface area contributed by atoms with Crippen molar-refractivity contribution < 1.29 is 19.7 Å². The van der Waals surface area contributed by atoms with Crippen LogP contribution in [0.5, 0.6) is 0 Å². The fourth-order valence-corrected chi connectivity index (χ4v) is 1.83. The summed E-state index contributed by atoms with van der Waals surface area (Å²) in [6, 6.07) is -0.0377. The van der Waals surface area contributed by atoms with Gasteiger partial charge >= 0.3 is 5.97 Å². The SMILES string of the molecule is COC(=O)C(C)C(C)N1CC(O)C(O)C1. The lowest BCUT2D eigenvalue weighted by atomic mass is 10.0. The van der Waals surface area contributed by atoms with Crippen LogP contribution >= 0.6 is 0 Å². The molecule has 1 fully saturated rings. The quantitative estimate of drug-likeness (QED) is 0.607. The molecule has 4 atom stereocenters. The number of nitrogens with zero attached hydrogens (tertiary/aromatic N) is 1. The third-order valence-electron chi connectivity index (χ3n) is 3.16. The number of methoxy groups -OCH3 is 1. The van der Waals surface area contributed by atoms with E-state index in [9.17, 15) is 15.0 Å². The van der Waals surface area contributed by atoms with Crippen molar-refractivity contribution in [1.82, 2.24) is 4.90 Å². The first kappa shape index (κ1) is 12.4. The van der Waals surface area contributed by atoms with E-state index in [1.54, 1.807) is 6.92 Å². The van der Waals surface area contributed by atoms with E-state index < -0.39 is 12.2 Å². The Labute approximate surface area is 89.6 Å². The summed E-state index contributed by atoms with van der Waals surface area (Å²) in [5, 5.41) is 18.8. The fraction of sp³-hybridized carbons (Fsp3) is 0.900. The Hall–Kier alpha value is -0.650. The number of ether oxygens (including phenoxy) is 1. The molecule has 1 saturated heterocycles. The zero-order chi connectivity index (χ0) is 11.6. The Kier molecular flexibility index (Phi) is 4.07. The van der Waals surface area contributed by atoms with Crippen LogP contribution < -0.4 is 0 Å². The number of likely N-dealkylation sites (tertiary alicyclic amines) is 1. The summed E-state index contributed by atoms with van der Waals surface area (Å²) in [5.74, 6) is -0.522. The van der Waals surface area contributed by atoms with E-state index in [4.69, 9.17) is 0 Å². The molecule has 2 N–H and O–H groups in total. The Morgan fingerprint density at radius 2 is 1.80 bits per heavy atom. The predicted molar refractivity (Wildman–Crippen MR) is 54.2 cm³/mol. The van der Waals surface area contributed by atoms with Crippen LogP contribution in [-0.2, 0) is 9.53 Å². The maximum absolute atomic E-state index is 11.3. The highest BCUT2D eigenvalue weighted by Gasteiger charge is 2.35. The number of aliphatic hydroxyl groups is 2. The number of esters is 1. The lowest BCUT2D eigenvalue weighted by molar-refractivity contribution is -0.146. The highest BCUT2D eigenvalue weighted by molar-refractivity contribution is 5.72. The summed E-state index contributed by atoms with van der Waals surface area (Å²) in [6.07, 6.45) is -1.42. The maximum atomic E-state index is 11.3. The molecule has 0 spiro atoms. The van der Waals surface area contributed by atoms with Crippen LogP contribution in [0.15, 0.2) is 0 Å². The highest BCUT2D eigenvalue weighted by atomic mass is 16.5. The molecule has 0 aromatic heterocycles. The van der Waals surface area contributed by atoms with Crippen LogP contribution in [0.25, 0.3) is 0 Å². The van der Waals surface area contributed by atoms with Gasteiger partial charge in [-0.05, 0) is 6.92 Å². The van der Waals surface area contributed by atoms with Crippen LogP contribution in [0.4, 0.5) is 0 Å². The molecule has 0 radical (unpaired) electrons. The van der Waals surface area contributed by atoms with Gasteiger partial charge in [0.15, 0.2) is 0 Å². The van der Waals surface area contributed by atoms with E-state index in [2.05, 4.69) is 4.74 Å². The molecule has 0 aromatic rings. The molecule has 5 nitrogen and oxygen atoms in total. The number of hydrogen-bond acceptors (Lipinski definition) is 5. The summed E-state index contributed by atoms with van der Waals surface area (Å²) in [6.45, 7) is 4.49. The van der Waals surface area contributed by atoms with E-state index in [0.717, 1.165) is 0 Å². The van der Waals surface area contributed by atoms with Crippen molar-refractivity contribution in [1.29, 1.82) is 0 Å². The summed E-state index contributed by atoms with van der Waals surface area (Å²) in [7, 11) is 1.36. The summed E-state index contributed by atoms with van der Waals surface area (Å²) in [5.41, 5.74) is 0. The lowest BCUT2D eigenvalue weighted by Crippen LogP contribution is -2.40. The normalized spacial score (nSPS) is 31.3. The summed E-state index contributed by atoms with van der Waals surface area (Å²) >= 11 is 0. The minimum Gasteiger partial charge on any atom is -0.469 e. The van der Waals surface area contributed by atoms with Crippen LogP contribution in [0.3, 0.4) is 0 Å². The van der Waals surface area contributed by atoms with Crippen LogP contribution in [0.1, 0.15) is 13.8 Å². The van der Waals surface area contributed by atoms with Crippen molar-refractivity contribution in [2.45, 2.75) is 32.1 Å². The largest absolute Gasteiger partial charge is 0.469 e. The minimum absolute atomic E-state index is 0.0377. The van der Waals surface area contributed by atoms with E-state index in [-0.39, 0.29) is 17.9 Å². The van der Waals surface area contributed by atoms with E-state index >= 15 is 0 Å². The molecule has 15 heavy (non-hydrogen) atoms. The fourth-order valence-electron chi connectivity index (χ4n) is 1.83. The maximum Gasteiger partial charge on any atom is 0.309 e. The molecule has 0 saturated carbocycles. The second kappa shape index (κ2) is 4.92. The molecule has 1 heterocycles. The molecule has 0 bridgehead atoms. The Morgan fingerprint density at radius 1 is 1.33 bits per heavy atom. The number of hydrogen-bond donors (Lipinski definition) is 2. The molecule has 1 aliphatic heterocycles. The molecule has 5 heteroatoms. The monoisotopic (exact) mass is 217 g/mol. The Morgan fingerprint density at radius 3 is 2.20 bits per heavy atom. The topological polar surface area (TPSA) is 70.0 Å². The van der Waals surface area contributed by atoms with E-state index in [0.29, 0.717) is 13.1 Å². The first-order valence-corrected chi connectivity index (χ1v) is 5.15. The second-order valence-electron chi connectivity index (χ2n) is 4.14. The van der Waals surface area contributed by atoms with Gasteiger partial charge in [-0.2, -0.15) is 0 Å². The first-order chi connectivity index (χ1) is 6.97. The van der Waals surface area contributed by atoms with Crippen LogP contribution in [-0.4, -0.2) is 59.5 Å². The average molecular weight is 217 g/mol. The smallest absolute Gasteiger partial charge is 0.309 e. The van der Waals surface area contributed by atoms with Gasteiger partial charge in [0.05, 0.1) is 25.2 Å². The second-order valence-corrected chi connectivity index (χ2v) is 4.14. The van der Waals surface area contributed by atoms with E-state index in [1.165, 1.54) is 7.11 Å². The van der Waals surface area contributed by atoms with Crippen molar-refractivity contribution >= 4 is 5.97 Å². The number of carbonyl (C=O) groups excluding carboxylic acids is 1. The van der Waals surface area contributed by atoms with Gasteiger partial charge in [0.2, 0.25) is 0 Å². The zero-order valence-corrected chi connectivity index (χ0v) is 9.38. The third-order valence-corrected chi connectivity index (χ3v) is 3.16. The van der Waals surface area contributed by atoms with Gasteiger partial charge in [0.25, 0.3) is 0 Å². The highest BCUT2D eigenvalue weighted by Crippen LogP contribution is 2.19. The van der Waals surface area contributed by atoms with E-state index in [1.807, 2.05) is 11.8 Å². The molecule has 0 amide bonds. The number of carbonyl (C=O) groups is 1. The minimum atomic E-state index is -0.711. The Bertz CT molecular complexity index is 223. The average Bonchev–Trinajstić information content (AvgIpc) is 2.56. The number of rotatable bonds is 3. The first-order valence-electron chi connectivity index (χ1n) is 5.15. The Balaban J connectivity index is 2.54. The van der Waals surface area contributed by atoms with Crippen molar-refractivity contribution in [3.8, 4) is 0 Å². The lowest BCUT2D eigenvalue weighted by Gasteiger charge is -2.27. The van der Waals surface area contributed by atoms with Crippen molar-refractivity contribution in [3.63, 3.8) is 0 Å². The molecular formula is C10H19NO4. The summed E-state index contributed by atoms with van der Waals surface area (Å²) < 4.78 is 4.66.